The Kier molecular flexibility index (Phi) is 7.35. The van der Waals surface area contributed by atoms with Crippen LogP contribution in [0.4, 0.5) is 15.3 Å². The second-order valence-corrected chi connectivity index (χ2v) is 8.94. The van der Waals surface area contributed by atoms with Gasteiger partial charge in [-0.2, -0.15) is 0 Å². The molecule has 1 fully saturated rings. The van der Waals surface area contributed by atoms with Crippen molar-refractivity contribution in [2.24, 2.45) is 17.4 Å². The van der Waals surface area contributed by atoms with Gasteiger partial charge in [-0.1, -0.05) is 48.5 Å². The van der Waals surface area contributed by atoms with Gasteiger partial charge in [0.25, 0.3) is 0 Å². The summed E-state index contributed by atoms with van der Waals surface area (Å²) in [5.74, 6) is -1.42. The molecule has 1 saturated heterocycles. The number of nitrogens with one attached hydrogen (secondary N) is 1. The van der Waals surface area contributed by atoms with E-state index in [4.69, 9.17) is 16.2 Å². The number of rotatable bonds is 7. The van der Waals surface area contributed by atoms with Crippen molar-refractivity contribution in [3.05, 3.63) is 66.4 Å². The van der Waals surface area contributed by atoms with E-state index in [1.807, 2.05) is 30.3 Å². The van der Waals surface area contributed by atoms with E-state index < -0.39 is 30.0 Å². The molecule has 36 heavy (non-hydrogen) atoms. The van der Waals surface area contributed by atoms with Crippen LogP contribution in [0.15, 0.2) is 60.8 Å². The Morgan fingerprint density at radius 2 is 1.78 bits per heavy atom. The van der Waals surface area contributed by atoms with Crippen molar-refractivity contribution < 1.29 is 23.9 Å². The molecule has 1 aliphatic rings. The van der Waals surface area contributed by atoms with Gasteiger partial charge in [0.15, 0.2) is 5.78 Å². The number of amides is 3. The maximum atomic E-state index is 13.3. The van der Waals surface area contributed by atoms with Gasteiger partial charge in [-0.05, 0) is 24.5 Å². The van der Waals surface area contributed by atoms with Crippen LogP contribution in [0.3, 0.4) is 0 Å². The van der Waals surface area contributed by atoms with Gasteiger partial charge in [-0.15, -0.1) is 0 Å². The highest BCUT2D eigenvalue weighted by molar-refractivity contribution is 6.05. The zero-order valence-electron chi connectivity index (χ0n) is 19.9. The molecule has 188 valence electrons. The molecule has 4 rings (SSSR count). The van der Waals surface area contributed by atoms with E-state index in [1.165, 1.54) is 22.8 Å². The number of esters is 1. The number of likely N-dealkylation sites (tertiary alicyclic amines) is 1. The van der Waals surface area contributed by atoms with Crippen LogP contribution in [-0.2, 0) is 20.7 Å². The number of ketones is 1. The fourth-order valence-corrected chi connectivity index (χ4v) is 4.73. The van der Waals surface area contributed by atoms with Crippen molar-refractivity contribution in [1.29, 1.82) is 0 Å². The van der Waals surface area contributed by atoms with Crippen LogP contribution in [0.1, 0.15) is 18.4 Å². The SMILES string of the molecule is COC(=O)[C@@H](CC(=O)[C@@H]1C[C@H](N)CN1C(=O)Nc1cn(C(N)=O)c2ccccc12)Cc1ccccc1. The summed E-state index contributed by atoms with van der Waals surface area (Å²) in [7, 11) is 1.29. The normalized spacial score (nSPS) is 18.1. The molecule has 0 unspecified atom stereocenters. The summed E-state index contributed by atoms with van der Waals surface area (Å²) in [5, 5.41) is 3.42. The molecular formula is C26H29N5O5. The Labute approximate surface area is 208 Å². The first-order valence-corrected chi connectivity index (χ1v) is 11.7. The average molecular weight is 492 g/mol. The number of primary amides is 1. The van der Waals surface area contributed by atoms with Crippen molar-refractivity contribution in [3.8, 4) is 0 Å². The van der Waals surface area contributed by atoms with Crippen molar-refractivity contribution in [3.63, 3.8) is 0 Å². The Bertz CT molecular complexity index is 1290. The largest absolute Gasteiger partial charge is 0.469 e. The van der Waals surface area contributed by atoms with Crippen LogP contribution in [0.25, 0.3) is 10.9 Å². The summed E-state index contributed by atoms with van der Waals surface area (Å²) in [6.07, 6.45) is 2.00. The Balaban J connectivity index is 1.52. The molecule has 1 aliphatic heterocycles. The van der Waals surface area contributed by atoms with Gasteiger partial charge in [0.2, 0.25) is 0 Å². The first kappa shape index (κ1) is 24.9. The number of anilines is 1. The molecule has 1 aromatic heterocycles. The summed E-state index contributed by atoms with van der Waals surface area (Å²) < 4.78 is 6.18. The van der Waals surface area contributed by atoms with Gasteiger partial charge < -0.3 is 26.4 Å². The molecule has 3 aromatic rings. The lowest BCUT2D eigenvalue weighted by molar-refractivity contribution is -0.147. The van der Waals surface area contributed by atoms with E-state index in [2.05, 4.69) is 5.32 Å². The molecule has 3 amide bonds. The molecule has 0 radical (unpaired) electrons. The second-order valence-electron chi connectivity index (χ2n) is 8.94. The van der Waals surface area contributed by atoms with Gasteiger partial charge in [-0.3, -0.25) is 14.2 Å². The number of nitrogens with two attached hydrogens (primary N) is 2. The topological polar surface area (TPSA) is 150 Å². The van der Waals surface area contributed by atoms with Gasteiger partial charge in [0, 0.05) is 30.6 Å². The van der Waals surface area contributed by atoms with Crippen molar-refractivity contribution in [2.45, 2.75) is 31.3 Å². The van der Waals surface area contributed by atoms with Gasteiger partial charge in [-0.25, -0.2) is 9.59 Å². The number of urea groups is 1. The van der Waals surface area contributed by atoms with Crippen LogP contribution < -0.4 is 16.8 Å². The van der Waals surface area contributed by atoms with Crippen molar-refractivity contribution in [2.75, 3.05) is 19.0 Å². The smallest absolute Gasteiger partial charge is 0.323 e. The summed E-state index contributed by atoms with van der Waals surface area (Å²) in [4.78, 5) is 52.2. The summed E-state index contributed by atoms with van der Waals surface area (Å²) in [6, 6.07) is 14.0. The van der Waals surface area contributed by atoms with Gasteiger partial charge in [0.1, 0.15) is 0 Å². The second kappa shape index (κ2) is 10.6. The molecule has 0 aliphatic carbocycles. The molecule has 10 heteroatoms. The summed E-state index contributed by atoms with van der Waals surface area (Å²) in [6.45, 7) is 0.179. The zero-order chi connectivity index (χ0) is 25.8. The maximum absolute atomic E-state index is 13.3. The fraction of sp³-hybridized carbons (Fsp3) is 0.308. The van der Waals surface area contributed by atoms with E-state index >= 15 is 0 Å². The predicted molar refractivity (Wildman–Crippen MR) is 134 cm³/mol. The first-order valence-electron chi connectivity index (χ1n) is 11.7. The molecule has 0 bridgehead atoms. The molecule has 0 saturated carbocycles. The van der Waals surface area contributed by atoms with Gasteiger partial charge in [0.05, 0.1) is 30.3 Å². The monoisotopic (exact) mass is 491 g/mol. The average Bonchev–Trinajstić information content (AvgIpc) is 3.45. The van der Waals surface area contributed by atoms with Crippen LogP contribution in [0, 0.1) is 5.92 Å². The van der Waals surface area contributed by atoms with Crippen molar-refractivity contribution in [1.82, 2.24) is 9.47 Å². The molecule has 3 atom stereocenters. The lowest BCUT2D eigenvalue weighted by Gasteiger charge is -2.25. The lowest BCUT2D eigenvalue weighted by atomic mass is 9.91. The minimum Gasteiger partial charge on any atom is -0.469 e. The van der Waals surface area contributed by atoms with Crippen molar-refractivity contribution >= 4 is 40.4 Å². The number of ether oxygens (including phenoxy) is 1. The Morgan fingerprint density at radius 3 is 2.47 bits per heavy atom. The third-order valence-electron chi connectivity index (χ3n) is 6.46. The van der Waals surface area contributed by atoms with E-state index in [0.29, 0.717) is 23.0 Å². The maximum Gasteiger partial charge on any atom is 0.323 e. The Morgan fingerprint density at radius 1 is 1.08 bits per heavy atom. The number of carbonyl (C=O) groups is 4. The highest BCUT2D eigenvalue weighted by Crippen LogP contribution is 2.28. The number of carbonyl (C=O) groups excluding carboxylic acids is 4. The summed E-state index contributed by atoms with van der Waals surface area (Å²) in [5.41, 5.74) is 13.4. The third-order valence-corrected chi connectivity index (χ3v) is 6.46. The van der Waals surface area contributed by atoms with E-state index in [9.17, 15) is 19.2 Å². The third kappa shape index (κ3) is 5.23. The van der Waals surface area contributed by atoms with Crippen LogP contribution in [0.2, 0.25) is 0 Å². The molecule has 2 aromatic carbocycles. The van der Waals surface area contributed by atoms with E-state index in [1.54, 1.807) is 24.3 Å². The highest BCUT2D eigenvalue weighted by Gasteiger charge is 2.39. The fourth-order valence-electron chi connectivity index (χ4n) is 4.73. The molecule has 5 N–H and O–H groups in total. The quantitative estimate of drug-likeness (QED) is 0.432. The number of para-hydroxylation sites is 1. The molecule has 0 spiro atoms. The van der Waals surface area contributed by atoms with Gasteiger partial charge >= 0.3 is 18.0 Å². The summed E-state index contributed by atoms with van der Waals surface area (Å²) >= 11 is 0. The number of hydrogen-bond donors (Lipinski definition) is 3. The number of nitrogens with zero attached hydrogens (tertiary/aromatic N) is 2. The number of fused-ring (bicyclic) bond motifs is 1. The minimum absolute atomic E-state index is 0.0796. The Hall–Kier alpha value is -4.18. The molecular weight excluding hydrogens is 462 g/mol. The standard InChI is InChI=1S/C26H29N5O5/c1-36-24(33)17(11-16-7-3-2-4-8-16)12-23(32)22-13-18(27)14-31(22)26(35)29-20-15-30(25(28)34)21-10-6-5-9-19(20)21/h2-10,15,17-18,22H,11-14,27H2,1H3,(H2,28,34)(H,29,35)/t17-,18+,22+/m1/s1. The zero-order valence-corrected chi connectivity index (χ0v) is 19.9. The first-order chi connectivity index (χ1) is 17.3. The number of benzene rings is 2. The minimum atomic E-state index is -0.785. The number of hydrogen-bond acceptors (Lipinski definition) is 6. The number of aromatic nitrogens is 1. The van der Waals surface area contributed by atoms with Crippen LogP contribution >= 0.6 is 0 Å². The van der Waals surface area contributed by atoms with E-state index in [0.717, 1.165) is 5.56 Å². The van der Waals surface area contributed by atoms with Crippen LogP contribution in [0.5, 0.6) is 0 Å². The highest BCUT2D eigenvalue weighted by atomic mass is 16.5. The lowest BCUT2D eigenvalue weighted by Crippen LogP contribution is -2.44. The predicted octanol–water partition coefficient (Wildman–Crippen LogP) is 2.49. The molecule has 2 heterocycles. The van der Waals surface area contributed by atoms with Crippen LogP contribution in [-0.4, -0.2) is 59.0 Å². The molecule has 10 nitrogen and oxygen atoms in total. The van der Waals surface area contributed by atoms with E-state index in [-0.39, 0.29) is 31.2 Å². The number of methoxy groups -OCH3 is 1. The number of Topliss-reactive ketones (excluding diaryl/α,β-unsaturated/α-hetero) is 1.